The first-order valence-electron chi connectivity index (χ1n) is 6.94. The third-order valence-electron chi connectivity index (χ3n) is 4.33. The molecule has 1 unspecified atom stereocenters. The maximum Gasteiger partial charge on any atom is 0.0923 e. The Morgan fingerprint density at radius 3 is 2.24 bits per heavy atom. The standard InChI is InChI=1S/C13H27N3O/c1-11(2)16-7-5-15(6-8-16)10-13(17,9-14)12-3-4-12/h11-12,17H,3-10,14H2,1-2H3. The molecule has 4 nitrogen and oxygen atoms in total. The minimum absolute atomic E-state index is 0.405. The lowest BCUT2D eigenvalue weighted by molar-refractivity contribution is -0.0221. The third-order valence-corrected chi connectivity index (χ3v) is 4.33. The van der Waals surface area contributed by atoms with Crippen molar-refractivity contribution in [3.63, 3.8) is 0 Å². The van der Waals surface area contributed by atoms with Crippen molar-refractivity contribution in [3.05, 3.63) is 0 Å². The molecule has 0 spiro atoms. The number of hydrogen-bond acceptors (Lipinski definition) is 4. The molecule has 1 aliphatic carbocycles. The zero-order chi connectivity index (χ0) is 12.5. The highest BCUT2D eigenvalue weighted by Gasteiger charge is 2.44. The highest BCUT2D eigenvalue weighted by Crippen LogP contribution is 2.39. The fourth-order valence-corrected chi connectivity index (χ4v) is 2.81. The predicted molar refractivity (Wildman–Crippen MR) is 69.9 cm³/mol. The average molecular weight is 241 g/mol. The molecule has 100 valence electrons. The zero-order valence-corrected chi connectivity index (χ0v) is 11.2. The van der Waals surface area contributed by atoms with E-state index in [1.54, 1.807) is 0 Å². The third kappa shape index (κ3) is 3.19. The summed E-state index contributed by atoms with van der Waals surface area (Å²) in [4.78, 5) is 4.87. The predicted octanol–water partition coefficient (Wildman–Crippen LogP) is 0.112. The van der Waals surface area contributed by atoms with E-state index in [4.69, 9.17) is 5.73 Å². The minimum Gasteiger partial charge on any atom is -0.387 e. The topological polar surface area (TPSA) is 52.7 Å². The molecule has 1 saturated carbocycles. The first kappa shape index (κ1) is 13.3. The van der Waals surface area contributed by atoms with Gasteiger partial charge in [-0.15, -0.1) is 0 Å². The van der Waals surface area contributed by atoms with Crippen LogP contribution in [0.3, 0.4) is 0 Å². The van der Waals surface area contributed by atoms with Gasteiger partial charge in [-0.3, -0.25) is 9.80 Å². The van der Waals surface area contributed by atoms with Gasteiger partial charge >= 0.3 is 0 Å². The van der Waals surface area contributed by atoms with Crippen molar-refractivity contribution < 1.29 is 5.11 Å². The van der Waals surface area contributed by atoms with Gasteiger partial charge in [0, 0.05) is 45.3 Å². The van der Waals surface area contributed by atoms with E-state index in [2.05, 4.69) is 23.6 Å². The van der Waals surface area contributed by atoms with E-state index in [0.717, 1.165) is 45.6 Å². The molecule has 1 heterocycles. The van der Waals surface area contributed by atoms with E-state index < -0.39 is 5.60 Å². The first-order valence-corrected chi connectivity index (χ1v) is 6.94. The van der Waals surface area contributed by atoms with Crippen LogP contribution in [0.4, 0.5) is 0 Å². The number of rotatable bonds is 5. The van der Waals surface area contributed by atoms with Crippen molar-refractivity contribution in [3.8, 4) is 0 Å². The monoisotopic (exact) mass is 241 g/mol. The van der Waals surface area contributed by atoms with Crippen LogP contribution in [-0.2, 0) is 0 Å². The lowest BCUT2D eigenvalue weighted by Crippen LogP contribution is -2.56. The van der Waals surface area contributed by atoms with Gasteiger partial charge in [0.1, 0.15) is 0 Å². The fraction of sp³-hybridized carbons (Fsp3) is 1.00. The molecule has 3 N–H and O–H groups in total. The average Bonchev–Trinajstić information content (AvgIpc) is 3.13. The molecule has 0 amide bonds. The van der Waals surface area contributed by atoms with Gasteiger partial charge in [-0.25, -0.2) is 0 Å². The van der Waals surface area contributed by atoms with E-state index in [1.807, 2.05) is 0 Å². The molecule has 0 bridgehead atoms. The second kappa shape index (κ2) is 5.22. The Balaban J connectivity index is 1.80. The Hall–Kier alpha value is -0.160. The van der Waals surface area contributed by atoms with Crippen LogP contribution >= 0.6 is 0 Å². The molecular formula is C13H27N3O. The highest BCUT2D eigenvalue weighted by molar-refractivity contribution is 4.98. The summed E-state index contributed by atoms with van der Waals surface area (Å²) in [6.45, 7) is 10.0. The number of nitrogens with zero attached hydrogens (tertiary/aromatic N) is 2. The van der Waals surface area contributed by atoms with Crippen LogP contribution in [0.2, 0.25) is 0 Å². The summed E-state index contributed by atoms with van der Waals surface area (Å²) in [5, 5.41) is 10.5. The number of hydrogen-bond donors (Lipinski definition) is 2. The molecule has 17 heavy (non-hydrogen) atoms. The molecular weight excluding hydrogens is 214 g/mol. The van der Waals surface area contributed by atoms with Gasteiger partial charge in [0.2, 0.25) is 0 Å². The molecule has 1 atom stereocenters. The lowest BCUT2D eigenvalue weighted by atomic mass is 9.97. The Bertz CT molecular complexity index is 247. The van der Waals surface area contributed by atoms with Crippen molar-refractivity contribution in [2.45, 2.75) is 38.3 Å². The molecule has 0 aromatic carbocycles. The normalized spacial score (nSPS) is 27.4. The van der Waals surface area contributed by atoms with E-state index in [9.17, 15) is 5.11 Å². The molecule has 0 aromatic heterocycles. The summed E-state index contributed by atoms with van der Waals surface area (Å²) in [6, 6.07) is 0.633. The molecule has 0 aromatic rings. The van der Waals surface area contributed by atoms with Crippen LogP contribution in [-0.4, -0.2) is 65.8 Å². The van der Waals surface area contributed by atoms with Crippen molar-refractivity contribution in [1.82, 2.24) is 9.80 Å². The summed E-state index contributed by atoms with van der Waals surface area (Å²) < 4.78 is 0. The van der Waals surface area contributed by atoms with Crippen LogP contribution in [0.5, 0.6) is 0 Å². The Kier molecular flexibility index (Phi) is 4.08. The largest absolute Gasteiger partial charge is 0.387 e. The molecule has 1 aliphatic heterocycles. The summed E-state index contributed by atoms with van der Waals surface area (Å²) in [5.41, 5.74) is 5.13. The van der Waals surface area contributed by atoms with E-state index in [0.29, 0.717) is 18.5 Å². The molecule has 2 rings (SSSR count). The quantitative estimate of drug-likeness (QED) is 0.717. The van der Waals surface area contributed by atoms with Crippen LogP contribution in [0.15, 0.2) is 0 Å². The summed E-state index contributed by atoms with van der Waals surface area (Å²) >= 11 is 0. The van der Waals surface area contributed by atoms with Gasteiger partial charge in [-0.05, 0) is 32.6 Å². The van der Waals surface area contributed by atoms with Crippen LogP contribution in [0.25, 0.3) is 0 Å². The maximum absolute atomic E-state index is 10.5. The van der Waals surface area contributed by atoms with Gasteiger partial charge in [-0.1, -0.05) is 0 Å². The smallest absolute Gasteiger partial charge is 0.0923 e. The number of β-amino-alcohol motifs (C(OH)–C–C–N with tert-alkyl or cyclic N) is 1. The van der Waals surface area contributed by atoms with Crippen molar-refractivity contribution in [2.75, 3.05) is 39.3 Å². The Labute approximate surface area is 105 Å². The maximum atomic E-state index is 10.5. The molecule has 1 saturated heterocycles. The number of aliphatic hydroxyl groups is 1. The summed E-state index contributed by atoms with van der Waals surface area (Å²) in [7, 11) is 0. The summed E-state index contributed by atoms with van der Waals surface area (Å²) in [5.74, 6) is 0.454. The fourth-order valence-electron chi connectivity index (χ4n) is 2.81. The molecule has 2 aliphatic rings. The van der Waals surface area contributed by atoms with Crippen molar-refractivity contribution in [1.29, 1.82) is 0 Å². The van der Waals surface area contributed by atoms with E-state index in [1.165, 1.54) is 0 Å². The Morgan fingerprint density at radius 2 is 1.82 bits per heavy atom. The second-order valence-electron chi connectivity index (χ2n) is 5.99. The van der Waals surface area contributed by atoms with Crippen molar-refractivity contribution >= 4 is 0 Å². The first-order chi connectivity index (χ1) is 8.05. The van der Waals surface area contributed by atoms with Crippen LogP contribution < -0.4 is 5.73 Å². The van der Waals surface area contributed by atoms with Gasteiger partial charge in [-0.2, -0.15) is 0 Å². The van der Waals surface area contributed by atoms with Gasteiger partial charge in [0.25, 0.3) is 0 Å². The molecule has 4 heteroatoms. The highest BCUT2D eigenvalue weighted by atomic mass is 16.3. The van der Waals surface area contributed by atoms with Crippen molar-refractivity contribution in [2.24, 2.45) is 11.7 Å². The van der Waals surface area contributed by atoms with Crippen LogP contribution in [0.1, 0.15) is 26.7 Å². The van der Waals surface area contributed by atoms with E-state index >= 15 is 0 Å². The number of piperazine rings is 1. The summed E-state index contributed by atoms with van der Waals surface area (Å²) in [6.07, 6.45) is 2.30. The van der Waals surface area contributed by atoms with E-state index in [-0.39, 0.29) is 0 Å². The zero-order valence-electron chi connectivity index (χ0n) is 11.2. The minimum atomic E-state index is -0.625. The molecule has 2 fully saturated rings. The second-order valence-corrected chi connectivity index (χ2v) is 5.99. The van der Waals surface area contributed by atoms with Crippen LogP contribution in [0, 0.1) is 5.92 Å². The number of nitrogens with two attached hydrogens (primary N) is 1. The SMILES string of the molecule is CC(C)N1CCN(CC(O)(CN)C2CC2)CC1. The van der Waals surface area contributed by atoms with Gasteiger partial charge < -0.3 is 10.8 Å². The Morgan fingerprint density at radius 1 is 1.24 bits per heavy atom. The van der Waals surface area contributed by atoms with Gasteiger partial charge in [0.15, 0.2) is 0 Å². The lowest BCUT2D eigenvalue weighted by Gasteiger charge is -2.40. The molecule has 0 radical (unpaired) electrons. The van der Waals surface area contributed by atoms with Gasteiger partial charge in [0.05, 0.1) is 5.60 Å².